The molecule has 0 saturated carbocycles. The van der Waals surface area contributed by atoms with E-state index in [1.54, 1.807) is 0 Å². The number of carbonyl (C=O) groups is 1. The second kappa shape index (κ2) is 9.78. The molecule has 1 N–H and O–H groups in total. The van der Waals surface area contributed by atoms with Crippen LogP contribution in [0.5, 0.6) is 5.75 Å². The van der Waals surface area contributed by atoms with Gasteiger partial charge < -0.3 is 14.6 Å². The molecule has 150 valence electrons. The zero-order valence-electron chi connectivity index (χ0n) is 15.4. The number of aliphatic carboxylic acids is 1. The van der Waals surface area contributed by atoms with Crippen LogP contribution in [0.15, 0.2) is 29.3 Å². The van der Waals surface area contributed by atoms with Crippen LogP contribution in [0.25, 0.3) is 0 Å². The Hall–Kier alpha value is -2.02. The molecule has 4 nitrogen and oxygen atoms in total. The number of benzene rings is 1. The van der Waals surface area contributed by atoms with Crippen LogP contribution in [0.1, 0.15) is 50.2 Å². The Kier molecular flexibility index (Phi) is 7.71. The summed E-state index contributed by atoms with van der Waals surface area (Å²) in [6.45, 7) is 3.42. The van der Waals surface area contributed by atoms with Gasteiger partial charge >= 0.3 is 12.1 Å². The standard InChI is InChI=1S/C20H25F3O4/c1-2-3-4-14-9-10-26-12-16(14)13-27-17-7-5-15(6-8-19(24)25)18(11-17)20(21,22)23/h5,7,11H,2-4,6,8-10,12-13H2,1H3,(H,24,25). The first-order valence-corrected chi connectivity index (χ1v) is 9.13. The number of ether oxygens (including phenoxy) is 2. The molecule has 0 saturated heterocycles. The number of hydrogen-bond donors (Lipinski definition) is 1. The van der Waals surface area contributed by atoms with Crippen molar-refractivity contribution in [2.45, 2.75) is 51.6 Å². The summed E-state index contributed by atoms with van der Waals surface area (Å²) in [4.78, 5) is 10.7. The molecule has 0 aliphatic carbocycles. The minimum absolute atomic E-state index is 0.0406. The number of carboxylic acids is 1. The number of carboxylic acid groups (broad SMARTS) is 1. The van der Waals surface area contributed by atoms with E-state index in [4.69, 9.17) is 14.6 Å². The fourth-order valence-electron chi connectivity index (χ4n) is 3.04. The molecule has 7 heteroatoms. The van der Waals surface area contributed by atoms with Gasteiger partial charge in [0.2, 0.25) is 0 Å². The Labute approximate surface area is 157 Å². The van der Waals surface area contributed by atoms with Crippen LogP contribution in [0, 0.1) is 0 Å². The van der Waals surface area contributed by atoms with Crippen molar-refractivity contribution < 1.29 is 32.5 Å². The maximum Gasteiger partial charge on any atom is 0.416 e. The fourth-order valence-corrected chi connectivity index (χ4v) is 3.04. The molecule has 0 radical (unpaired) electrons. The summed E-state index contributed by atoms with van der Waals surface area (Å²) >= 11 is 0. The van der Waals surface area contributed by atoms with E-state index in [2.05, 4.69) is 6.92 Å². The summed E-state index contributed by atoms with van der Waals surface area (Å²) in [5, 5.41) is 8.72. The molecular weight excluding hydrogens is 361 g/mol. The molecule has 1 aromatic carbocycles. The van der Waals surface area contributed by atoms with E-state index in [0.29, 0.717) is 13.2 Å². The highest BCUT2D eigenvalue weighted by Crippen LogP contribution is 2.35. The van der Waals surface area contributed by atoms with Crippen LogP contribution >= 0.6 is 0 Å². The molecule has 0 bridgehead atoms. The predicted octanol–water partition coefficient (Wildman–Crippen LogP) is 5.01. The van der Waals surface area contributed by atoms with E-state index in [1.807, 2.05) is 0 Å². The molecule has 0 unspecified atom stereocenters. The van der Waals surface area contributed by atoms with Gasteiger partial charge in [0.05, 0.1) is 18.8 Å². The molecule has 1 aliphatic heterocycles. The van der Waals surface area contributed by atoms with E-state index in [9.17, 15) is 18.0 Å². The lowest BCUT2D eigenvalue weighted by Crippen LogP contribution is -2.17. The van der Waals surface area contributed by atoms with Crippen molar-refractivity contribution in [2.24, 2.45) is 0 Å². The van der Waals surface area contributed by atoms with Crippen LogP contribution in [0.2, 0.25) is 0 Å². The van der Waals surface area contributed by atoms with E-state index >= 15 is 0 Å². The average Bonchev–Trinajstić information content (AvgIpc) is 2.63. The largest absolute Gasteiger partial charge is 0.489 e. The summed E-state index contributed by atoms with van der Waals surface area (Å²) < 4.78 is 51.0. The predicted molar refractivity (Wildman–Crippen MR) is 94.9 cm³/mol. The van der Waals surface area contributed by atoms with Gasteiger partial charge in [0.1, 0.15) is 12.4 Å². The highest BCUT2D eigenvalue weighted by molar-refractivity contribution is 5.67. The van der Waals surface area contributed by atoms with E-state index in [0.717, 1.165) is 37.3 Å². The molecule has 0 fully saturated rings. The number of alkyl halides is 3. The van der Waals surface area contributed by atoms with Gasteiger partial charge in [-0.25, -0.2) is 0 Å². The van der Waals surface area contributed by atoms with Crippen molar-refractivity contribution in [1.29, 1.82) is 0 Å². The Morgan fingerprint density at radius 1 is 1.26 bits per heavy atom. The molecule has 1 aliphatic rings. The van der Waals surface area contributed by atoms with Gasteiger partial charge in [0.25, 0.3) is 0 Å². The third kappa shape index (κ3) is 6.57. The highest BCUT2D eigenvalue weighted by Gasteiger charge is 2.33. The van der Waals surface area contributed by atoms with Gasteiger partial charge in [0.15, 0.2) is 0 Å². The van der Waals surface area contributed by atoms with Crippen molar-refractivity contribution in [1.82, 2.24) is 0 Å². The van der Waals surface area contributed by atoms with Gasteiger partial charge in [-0.1, -0.05) is 25.0 Å². The summed E-state index contributed by atoms with van der Waals surface area (Å²) in [5.74, 6) is -1.01. The number of aryl methyl sites for hydroxylation is 1. The SMILES string of the molecule is CCCCC1=C(COc2ccc(CCC(=O)O)c(C(F)(F)F)c2)COCC1. The molecule has 0 atom stereocenters. The molecular formula is C20H25F3O4. The summed E-state index contributed by atoms with van der Waals surface area (Å²) in [6.07, 6.45) is -1.16. The van der Waals surface area contributed by atoms with Crippen LogP contribution < -0.4 is 4.74 Å². The van der Waals surface area contributed by atoms with Crippen molar-refractivity contribution in [3.8, 4) is 5.75 Å². The third-order valence-electron chi connectivity index (χ3n) is 4.56. The monoisotopic (exact) mass is 386 g/mol. The highest BCUT2D eigenvalue weighted by atomic mass is 19.4. The Balaban J connectivity index is 2.13. The molecule has 1 aromatic rings. The van der Waals surface area contributed by atoms with Crippen molar-refractivity contribution in [3.05, 3.63) is 40.5 Å². The Morgan fingerprint density at radius 2 is 2.04 bits per heavy atom. The van der Waals surface area contributed by atoms with Crippen molar-refractivity contribution in [2.75, 3.05) is 19.8 Å². The first-order valence-electron chi connectivity index (χ1n) is 9.13. The van der Waals surface area contributed by atoms with E-state index in [1.165, 1.54) is 17.7 Å². The Bertz CT molecular complexity index is 680. The summed E-state index contributed by atoms with van der Waals surface area (Å²) in [5.41, 5.74) is 1.39. The molecule has 0 spiro atoms. The van der Waals surface area contributed by atoms with Crippen LogP contribution in [0.4, 0.5) is 13.2 Å². The summed E-state index contributed by atoms with van der Waals surface area (Å²) in [7, 11) is 0. The zero-order valence-corrected chi connectivity index (χ0v) is 15.4. The van der Waals surface area contributed by atoms with E-state index < -0.39 is 17.7 Å². The summed E-state index contributed by atoms with van der Waals surface area (Å²) in [6, 6.07) is 3.71. The molecule has 2 rings (SSSR count). The van der Waals surface area contributed by atoms with Gasteiger partial charge in [0, 0.05) is 6.42 Å². The van der Waals surface area contributed by atoms with Crippen LogP contribution in [-0.2, 0) is 22.1 Å². The lowest BCUT2D eigenvalue weighted by atomic mass is 9.98. The normalized spacial score (nSPS) is 15.1. The second-order valence-corrected chi connectivity index (χ2v) is 6.61. The average molecular weight is 386 g/mol. The topological polar surface area (TPSA) is 55.8 Å². The van der Waals surface area contributed by atoms with E-state index in [-0.39, 0.29) is 30.8 Å². The molecule has 1 heterocycles. The minimum atomic E-state index is -4.56. The maximum absolute atomic E-state index is 13.3. The number of halogens is 3. The smallest absolute Gasteiger partial charge is 0.416 e. The third-order valence-corrected chi connectivity index (χ3v) is 4.56. The number of hydrogen-bond acceptors (Lipinski definition) is 3. The van der Waals surface area contributed by atoms with Crippen molar-refractivity contribution >= 4 is 5.97 Å². The quantitative estimate of drug-likeness (QED) is 0.606. The molecule has 0 amide bonds. The number of rotatable bonds is 9. The molecule has 27 heavy (non-hydrogen) atoms. The zero-order chi connectivity index (χ0) is 19.9. The first kappa shape index (κ1) is 21.3. The fraction of sp³-hybridized carbons (Fsp3) is 0.550. The Morgan fingerprint density at radius 3 is 2.70 bits per heavy atom. The molecule has 0 aromatic heterocycles. The van der Waals surface area contributed by atoms with Gasteiger partial charge in [-0.2, -0.15) is 13.2 Å². The van der Waals surface area contributed by atoms with Gasteiger partial charge in [-0.15, -0.1) is 0 Å². The first-order chi connectivity index (χ1) is 12.8. The minimum Gasteiger partial charge on any atom is -0.489 e. The lowest BCUT2D eigenvalue weighted by molar-refractivity contribution is -0.140. The number of unbranched alkanes of at least 4 members (excludes halogenated alkanes) is 1. The van der Waals surface area contributed by atoms with Gasteiger partial charge in [-0.05, 0) is 49.0 Å². The van der Waals surface area contributed by atoms with Crippen LogP contribution in [0.3, 0.4) is 0 Å². The van der Waals surface area contributed by atoms with Gasteiger partial charge in [-0.3, -0.25) is 4.79 Å². The van der Waals surface area contributed by atoms with Crippen LogP contribution in [-0.4, -0.2) is 30.9 Å². The lowest BCUT2D eigenvalue weighted by Gasteiger charge is -2.22. The maximum atomic E-state index is 13.3. The second-order valence-electron chi connectivity index (χ2n) is 6.61. The van der Waals surface area contributed by atoms with Crippen molar-refractivity contribution in [3.63, 3.8) is 0 Å².